The second-order valence-electron chi connectivity index (χ2n) is 6.72. The van der Waals surface area contributed by atoms with Crippen LogP contribution in [0, 0.1) is 0 Å². The van der Waals surface area contributed by atoms with Gasteiger partial charge in [-0.2, -0.15) is 0 Å². The summed E-state index contributed by atoms with van der Waals surface area (Å²) in [5.41, 5.74) is 0. The molecule has 0 aromatic carbocycles. The van der Waals surface area contributed by atoms with Gasteiger partial charge >= 0.3 is 0 Å². The van der Waals surface area contributed by atoms with Crippen LogP contribution >= 0.6 is 24.6 Å². The average Bonchev–Trinajstić information content (AvgIpc) is 3.05. The van der Waals surface area contributed by atoms with Gasteiger partial charge in [-0.25, -0.2) is 0 Å². The van der Waals surface area contributed by atoms with Gasteiger partial charge in [0, 0.05) is 7.11 Å². The molecular formula is C14H22O15S2-2. The minimum Gasteiger partial charge on any atom is -0.691 e. The maximum atomic E-state index is 10.4. The Bertz CT molecular complexity index is 534. The molecule has 3 fully saturated rings. The molecule has 2 bridgehead atoms. The maximum Gasteiger partial charge on any atom is 0.194 e. The minimum absolute atomic E-state index is 0.184. The smallest absolute Gasteiger partial charge is 0.194 e. The molecule has 0 spiro atoms. The molecule has 3 saturated heterocycles. The Balaban J connectivity index is 1.73. The summed E-state index contributed by atoms with van der Waals surface area (Å²) in [5, 5.41) is 46.5. The maximum absolute atomic E-state index is 10.4. The second-order valence-corrected chi connectivity index (χ2v) is 7.65. The van der Waals surface area contributed by atoms with E-state index in [1.807, 2.05) is 0 Å². The fourth-order valence-electron chi connectivity index (χ4n) is 3.75. The summed E-state index contributed by atoms with van der Waals surface area (Å²) in [7, 11) is 1.31. The van der Waals surface area contributed by atoms with E-state index in [0.29, 0.717) is 12.3 Å². The quantitative estimate of drug-likeness (QED) is 0.121. The SMILES string of the molecule is COC1[C@@H](O)C(CO)O[C@@H](O[C@H]2C3CO[C@H]2C(OSOO[O-])[C@H](C)O3)[C@@H]1OSOO[O-]. The molecule has 3 aliphatic rings. The zero-order valence-electron chi connectivity index (χ0n) is 16.2. The summed E-state index contributed by atoms with van der Waals surface area (Å²) in [6.45, 7) is 1.40. The predicted octanol–water partition coefficient (Wildman–Crippen LogP) is -3.01. The number of fused-ring (bicyclic) bond motifs is 2. The molecule has 3 heterocycles. The van der Waals surface area contributed by atoms with Crippen LogP contribution in [0.1, 0.15) is 6.92 Å². The van der Waals surface area contributed by atoms with Crippen molar-refractivity contribution in [2.45, 2.75) is 68.1 Å². The van der Waals surface area contributed by atoms with Crippen molar-refractivity contribution in [3.05, 3.63) is 0 Å². The van der Waals surface area contributed by atoms with Crippen molar-refractivity contribution in [2.24, 2.45) is 0 Å². The highest BCUT2D eigenvalue weighted by Gasteiger charge is 2.55. The van der Waals surface area contributed by atoms with Crippen LogP contribution in [-0.4, -0.2) is 91.8 Å². The molecule has 3 aliphatic heterocycles. The highest BCUT2D eigenvalue weighted by atomic mass is 32.2. The Morgan fingerprint density at radius 2 is 1.68 bits per heavy atom. The number of aliphatic hydroxyl groups excluding tert-OH is 2. The van der Waals surface area contributed by atoms with Gasteiger partial charge in [-0.05, 0) is 6.92 Å². The van der Waals surface area contributed by atoms with E-state index >= 15 is 0 Å². The zero-order chi connectivity index (χ0) is 22.4. The van der Waals surface area contributed by atoms with E-state index < -0.39 is 67.8 Å². The van der Waals surface area contributed by atoms with Crippen LogP contribution in [0.5, 0.6) is 0 Å². The lowest BCUT2D eigenvalue weighted by atomic mass is 9.97. The lowest BCUT2D eigenvalue weighted by Crippen LogP contribution is -2.63. The number of hydrogen-bond acceptors (Lipinski definition) is 17. The average molecular weight is 494 g/mol. The number of rotatable bonds is 12. The largest absolute Gasteiger partial charge is 0.691 e. The van der Waals surface area contributed by atoms with Gasteiger partial charge in [0.1, 0.15) is 42.7 Å². The van der Waals surface area contributed by atoms with Gasteiger partial charge in [-0.1, -0.05) is 0 Å². The molecule has 3 rings (SSSR count). The normalized spacial score (nSPS) is 42.8. The highest BCUT2D eigenvalue weighted by molar-refractivity contribution is 7.89. The fourth-order valence-corrected chi connectivity index (χ4v) is 4.51. The van der Waals surface area contributed by atoms with E-state index in [0.717, 1.165) is 0 Å². The molecule has 0 saturated carbocycles. The van der Waals surface area contributed by atoms with E-state index in [1.165, 1.54) is 7.11 Å². The van der Waals surface area contributed by atoms with Crippen LogP contribution in [0.25, 0.3) is 0 Å². The molecule has 15 nitrogen and oxygen atoms in total. The lowest BCUT2D eigenvalue weighted by molar-refractivity contribution is -0.778. The molecule has 0 amide bonds. The van der Waals surface area contributed by atoms with Crippen LogP contribution in [0.2, 0.25) is 0 Å². The Morgan fingerprint density at radius 1 is 1.00 bits per heavy atom. The molecule has 0 aromatic heterocycles. The molecule has 10 atom stereocenters. The standard InChI is InChI=1S/C14H24O15S2/c1-5-9(24-30-28-26-17)12-10(7(21-5)4-20-12)23-14-13(25-31-29-27-18)11(19-2)8(16)6(3-15)22-14/h5-18H,3-4H2,1-2H3/p-2/t5-,6?,7?,8-,9?,10-,11?,12-,13+,14-/m0/s1. The van der Waals surface area contributed by atoms with Crippen LogP contribution < -0.4 is 10.5 Å². The number of methoxy groups -OCH3 is 1. The van der Waals surface area contributed by atoms with Crippen LogP contribution in [0.3, 0.4) is 0 Å². The number of aliphatic hydroxyl groups is 2. The molecule has 0 aromatic rings. The van der Waals surface area contributed by atoms with Crippen LogP contribution in [0.15, 0.2) is 0 Å². The molecule has 0 aliphatic carbocycles. The van der Waals surface area contributed by atoms with Gasteiger partial charge in [0.05, 0.1) is 19.3 Å². The summed E-state index contributed by atoms with van der Waals surface area (Å²) >= 11 is 0.504. The summed E-state index contributed by atoms with van der Waals surface area (Å²) in [4.78, 5) is 0. The molecular weight excluding hydrogens is 472 g/mol. The first kappa shape index (κ1) is 25.7. The predicted molar refractivity (Wildman–Crippen MR) is 90.8 cm³/mol. The van der Waals surface area contributed by atoms with E-state index in [9.17, 15) is 20.7 Å². The fraction of sp³-hybridized carbons (Fsp3) is 1.00. The monoisotopic (exact) mass is 494 g/mol. The van der Waals surface area contributed by atoms with Gasteiger partial charge in [0.2, 0.25) is 0 Å². The van der Waals surface area contributed by atoms with Crippen molar-refractivity contribution in [3.63, 3.8) is 0 Å². The van der Waals surface area contributed by atoms with E-state index in [4.69, 9.17) is 32.1 Å². The van der Waals surface area contributed by atoms with Crippen LogP contribution in [0.4, 0.5) is 0 Å². The number of ether oxygens (including phenoxy) is 5. The first-order chi connectivity index (χ1) is 15.0. The molecule has 4 unspecified atom stereocenters. The van der Waals surface area contributed by atoms with E-state index in [2.05, 4.69) is 18.7 Å². The summed E-state index contributed by atoms with van der Waals surface area (Å²) in [5.74, 6) is 0. The van der Waals surface area contributed by atoms with Gasteiger partial charge in [0.25, 0.3) is 0 Å². The molecule has 31 heavy (non-hydrogen) atoms. The van der Waals surface area contributed by atoms with Crippen molar-refractivity contribution >= 4 is 24.6 Å². The molecule has 2 N–H and O–H groups in total. The van der Waals surface area contributed by atoms with E-state index in [1.54, 1.807) is 6.92 Å². The lowest BCUT2D eigenvalue weighted by Gasteiger charge is -2.45. The highest BCUT2D eigenvalue weighted by Crippen LogP contribution is 2.38. The van der Waals surface area contributed by atoms with Gasteiger partial charge in [-0.15, -0.1) is 8.67 Å². The third-order valence-corrected chi connectivity index (χ3v) is 5.92. The molecule has 17 heteroatoms. The second kappa shape index (κ2) is 12.5. The van der Waals surface area contributed by atoms with Crippen molar-refractivity contribution < 1.29 is 71.5 Å². The van der Waals surface area contributed by atoms with Crippen molar-refractivity contribution in [2.75, 3.05) is 20.3 Å². The Hall–Kier alpha value is 0.1000. The topological polar surface area (TPSA) is 188 Å². The van der Waals surface area contributed by atoms with Crippen molar-refractivity contribution in [1.29, 1.82) is 0 Å². The van der Waals surface area contributed by atoms with Crippen molar-refractivity contribution in [3.8, 4) is 0 Å². The Kier molecular flexibility index (Phi) is 10.4. The third-order valence-electron chi connectivity index (χ3n) is 5.09. The van der Waals surface area contributed by atoms with Gasteiger partial charge in [0.15, 0.2) is 37.0 Å². The minimum atomic E-state index is -1.28. The van der Waals surface area contributed by atoms with Gasteiger partial charge in [-0.3, -0.25) is 18.4 Å². The third kappa shape index (κ3) is 5.97. The summed E-state index contributed by atoms with van der Waals surface area (Å²) in [6, 6.07) is 0. The van der Waals surface area contributed by atoms with Crippen molar-refractivity contribution in [1.82, 2.24) is 0 Å². The Labute approximate surface area is 185 Å². The first-order valence-corrected chi connectivity index (χ1v) is 10.4. The molecule has 182 valence electrons. The Morgan fingerprint density at radius 3 is 2.29 bits per heavy atom. The summed E-state index contributed by atoms with van der Waals surface area (Å²) in [6.07, 6.45) is -8.72. The van der Waals surface area contributed by atoms with E-state index in [-0.39, 0.29) is 18.9 Å². The number of hydrogen-bond donors (Lipinski definition) is 2. The molecule has 0 radical (unpaired) electrons. The van der Waals surface area contributed by atoms with Gasteiger partial charge < -0.3 is 44.4 Å². The van der Waals surface area contributed by atoms with Crippen LogP contribution in [-0.2, 0) is 50.8 Å². The first-order valence-electron chi connectivity index (χ1n) is 9.02. The summed E-state index contributed by atoms with van der Waals surface area (Å²) < 4.78 is 47.5. The zero-order valence-corrected chi connectivity index (χ0v) is 17.8.